The van der Waals surface area contributed by atoms with Gasteiger partial charge in [-0.2, -0.15) is 0 Å². The zero-order valence-electron chi connectivity index (χ0n) is 16.4. The van der Waals surface area contributed by atoms with Crippen molar-refractivity contribution in [3.8, 4) is 0 Å². The van der Waals surface area contributed by atoms with Crippen molar-refractivity contribution in [1.29, 1.82) is 0 Å². The molecule has 6 heteroatoms. The number of aryl methyl sites for hydroxylation is 2. The molecule has 0 aliphatic carbocycles. The maximum absolute atomic E-state index is 12.5. The van der Waals surface area contributed by atoms with Crippen LogP contribution in [0.3, 0.4) is 0 Å². The second-order valence-electron chi connectivity index (χ2n) is 6.51. The van der Waals surface area contributed by atoms with Gasteiger partial charge in [0.1, 0.15) is 5.70 Å². The van der Waals surface area contributed by atoms with Gasteiger partial charge in [0.2, 0.25) is 5.91 Å². The normalized spacial score (nSPS) is 12.1. The van der Waals surface area contributed by atoms with Crippen molar-refractivity contribution in [2.75, 3.05) is 5.32 Å². The van der Waals surface area contributed by atoms with E-state index < -0.39 is 23.9 Å². The molecule has 0 aliphatic rings. The number of hydrogen-bond donors (Lipinski definition) is 2. The summed E-state index contributed by atoms with van der Waals surface area (Å²) in [5.74, 6) is -1.66. The van der Waals surface area contributed by atoms with Crippen molar-refractivity contribution in [2.24, 2.45) is 0 Å². The summed E-state index contributed by atoms with van der Waals surface area (Å²) in [4.78, 5) is 36.3. The van der Waals surface area contributed by atoms with Crippen LogP contribution in [-0.2, 0) is 19.1 Å². The Morgan fingerprint density at radius 3 is 2.32 bits per heavy atom. The molecule has 1 atom stereocenters. The van der Waals surface area contributed by atoms with Crippen LogP contribution in [-0.4, -0.2) is 23.9 Å². The lowest BCUT2D eigenvalue weighted by Gasteiger charge is -2.16. The third kappa shape index (κ3) is 6.09. The van der Waals surface area contributed by atoms with Crippen LogP contribution in [0.2, 0.25) is 0 Å². The largest absolute Gasteiger partial charge is 0.448 e. The SMILES string of the molecule is CC(=O)N/C(=C\c1ccccc1)C(=O)O[C@@H](C)C(=O)Nc1ccc(C)cc1C. The molecule has 146 valence electrons. The number of amides is 2. The molecule has 28 heavy (non-hydrogen) atoms. The highest BCUT2D eigenvalue weighted by atomic mass is 16.5. The molecule has 2 aromatic carbocycles. The summed E-state index contributed by atoms with van der Waals surface area (Å²) in [6.45, 7) is 6.62. The quantitative estimate of drug-likeness (QED) is 0.595. The fraction of sp³-hybridized carbons (Fsp3) is 0.227. The molecule has 0 aliphatic heterocycles. The van der Waals surface area contributed by atoms with Crippen LogP contribution in [0, 0.1) is 13.8 Å². The van der Waals surface area contributed by atoms with Gasteiger partial charge >= 0.3 is 5.97 Å². The molecule has 2 rings (SSSR count). The van der Waals surface area contributed by atoms with Crippen molar-refractivity contribution in [3.63, 3.8) is 0 Å². The average Bonchev–Trinajstić information content (AvgIpc) is 2.63. The van der Waals surface area contributed by atoms with Crippen LogP contribution < -0.4 is 10.6 Å². The number of esters is 1. The van der Waals surface area contributed by atoms with E-state index in [1.54, 1.807) is 18.2 Å². The van der Waals surface area contributed by atoms with E-state index in [1.807, 2.05) is 44.2 Å². The second-order valence-corrected chi connectivity index (χ2v) is 6.51. The maximum atomic E-state index is 12.5. The number of anilines is 1. The first-order chi connectivity index (χ1) is 13.3. The molecule has 0 heterocycles. The number of ether oxygens (including phenoxy) is 1. The van der Waals surface area contributed by atoms with Gasteiger partial charge in [0, 0.05) is 12.6 Å². The van der Waals surface area contributed by atoms with Crippen LogP contribution in [0.1, 0.15) is 30.5 Å². The molecule has 0 spiro atoms. The molecule has 0 saturated carbocycles. The molecular weight excluding hydrogens is 356 g/mol. The Morgan fingerprint density at radius 1 is 1.04 bits per heavy atom. The van der Waals surface area contributed by atoms with E-state index >= 15 is 0 Å². The van der Waals surface area contributed by atoms with Crippen LogP contribution in [0.4, 0.5) is 5.69 Å². The monoisotopic (exact) mass is 380 g/mol. The third-order valence-electron chi connectivity index (χ3n) is 3.93. The molecule has 0 fully saturated rings. The predicted molar refractivity (Wildman–Crippen MR) is 108 cm³/mol. The molecule has 6 nitrogen and oxygen atoms in total. The third-order valence-corrected chi connectivity index (χ3v) is 3.93. The van der Waals surface area contributed by atoms with E-state index in [9.17, 15) is 14.4 Å². The number of carbonyl (C=O) groups excluding carboxylic acids is 3. The number of benzene rings is 2. The van der Waals surface area contributed by atoms with Gasteiger partial charge in [0.25, 0.3) is 5.91 Å². The Labute approximate surface area is 164 Å². The standard InChI is InChI=1S/C22H24N2O4/c1-14-10-11-19(15(2)12-14)24-21(26)16(3)28-22(27)20(23-17(4)25)13-18-8-6-5-7-9-18/h5-13,16H,1-4H3,(H,23,25)(H,24,26)/b20-13-/t16-/m0/s1. The van der Waals surface area contributed by atoms with Gasteiger partial charge < -0.3 is 15.4 Å². The van der Waals surface area contributed by atoms with Crippen molar-refractivity contribution in [2.45, 2.75) is 33.8 Å². The van der Waals surface area contributed by atoms with Gasteiger partial charge in [-0.3, -0.25) is 9.59 Å². The highest BCUT2D eigenvalue weighted by Crippen LogP contribution is 2.17. The topological polar surface area (TPSA) is 84.5 Å². The molecule has 2 N–H and O–H groups in total. The Balaban J connectivity index is 2.09. The van der Waals surface area contributed by atoms with Gasteiger partial charge in [0.05, 0.1) is 0 Å². The van der Waals surface area contributed by atoms with Crippen LogP contribution in [0.5, 0.6) is 0 Å². The zero-order valence-corrected chi connectivity index (χ0v) is 16.4. The smallest absolute Gasteiger partial charge is 0.355 e. The second kappa shape index (κ2) is 9.50. The minimum absolute atomic E-state index is 0.0372. The summed E-state index contributed by atoms with van der Waals surface area (Å²) in [6, 6.07) is 14.7. The minimum atomic E-state index is -1.04. The summed E-state index contributed by atoms with van der Waals surface area (Å²) >= 11 is 0. The molecule has 0 saturated heterocycles. The van der Waals surface area contributed by atoms with E-state index in [4.69, 9.17) is 4.74 Å². The van der Waals surface area contributed by atoms with E-state index in [0.29, 0.717) is 5.69 Å². The first-order valence-corrected chi connectivity index (χ1v) is 8.89. The predicted octanol–water partition coefficient (Wildman–Crippen LogP) is 3.35. The molecule has 0 radical (unpaired) electrons. The van der Waals surface area contributed by atoms with Gasteiger partial charge in [-0.15, -0.1) is 0 Å². The summed E-state index contributed by atoms with van der Waals surface area (Å²) in [7, 11) is 0. The van der Waals surface area contributed by atoms with Gasteiger partial charge in [0.15, 0.2) is 6.10 Å². The molecular formula is C22H24N2O4. The molecule has 0 bridgehead atoms. The van der Waals surface area contributed by atoms with E-state index in [1.165, 1.54) is 19.9 Å². The first kappa shape index (κ1) is 20.9. The summed E-state index contributed by atoms with van der Waals surface area (Å²) in [6.07, 6.45) is 0.458. The van der Waals surface area contributed by atoms with Crippen molar-refractivity contribution in [1.82, 2.24) is 5.32 Å². The average molecular weight is 380 g/mol. The summed E-state index contributed by atoms with van der Waals surface area (Å²) in [5.41, 5.74) is 3.33. The van der Waals surface area contributed by atoms with Crippen molar-refractivity contribution in [3.05, 3.63) is 70.9 Å². The van der Waals surface area contributed by atoms with E-state index in [2.05, 4.69) is 10.6 Å². The zero-order chi connectivity index (χ0) is 20.7. The van der Waals surface area contributed by atoms with E-state index in [0.717, 1.165) is 16.7 Å². The molecule has 2 aromatic rings. The Hall–Kier alpha value is -3.41. The lowest BCUT2D eigenvalue weighted by molar-refractivity contribution is -0.149. The maximum Gasteiger partial charge on any atom is 0.355 e. The van der Waals surface area contributed by atoms with Gasteiger partial charge in [-0.1, -0.05) is 48.0 Å². The van der Waals surface area contributed by atoms with Crippen molar-refractivity contribution < 1.29 is 19.1 Å². The van der Waals surface area contributed by atoms with Gasteiger partial charge in [-0.05, 0) is 44.0 Å². The fourth-order valence-electron chi connectivity index (χ4n) is 2.52. The summed E-state index contributed by atoms with van der Waals surface area (Å²) in [5, 5.41) is 5.20. The Morgan fingerprint density at radius 2 is 1.71 bits per heavy atom. The highest BCUT2D eigenvalue weighted by molar-refractivity contribution is 6.00. The Bertz CT molecular complexity index is 904. The number of carbonyl (C=O) groups is 3. The molecule has 2 amide bonds. The number of rotatable bonds is 6. The number of nitrogens with one attached hydrogen (secondary N) is 2. The minimum Gasteiger partial charge on any atom is -0.448 e. The fourth-order valence-corrected chi connectivity index (χ4v) is 2.52. The molecule has 0 aromatic heterocycles. The van der Waals surface area contributed by atoms with Crippen LogP contribution in [0.15, 0.2) is 54.2 Å². The van der Waals surface area contributed by atoms with Gasteiger partial charge in [-0.25, -0.2) is 4.79 Å². The first-order valence-electron chi connectivity index (χ1n) is 8.89. The van der Waals surface area contributed by atoms with E-state index in [-0.39, 0.29) is 5.70 Å². The lowest BCUT2D eigenvalue weighted by atomic mass is 10.1. The summed E-state index contributed by atoms with van der Waals surface area (Å²) < 4.78 is 5.25. The molecule has 0 unspecified atom stereocenters. The Kier molecular flexibility index (Phi) is 7.09. The van der Waals surface area contributed by atoms with Crippen LogP contribution >= 0.6 is 0 Å². The highest BCUT2D eigenvalue weighted by Gasteiger charge is 2.21. The van der Waals surface area contributed by atoms with Crippen molar-refractivity contribution >= 4 is 29.5 Å². The number of hydrogen-bond acceptors (Lipinski definition) is 4. The van der Waals surface area contributed by atoms with Crippen LogP contribution in [0.25, 0.3) is 6.08 Å². The lowest BCUT2D eigenvalue weighted by Crippen LogP contribution is -2.34.